The highest BCUT2D eigenvalue weighted by Crippen LogP contribution is 2.28. The molecule has 2 unspecified atom stereocenters. The molecule has 0 aliphatic heterocycles. The lowest BCUT2D eigenvalue weighted by Crippen LogP contribution is -2.21. The molecule has 0 bridgehead atoms. The van der Waals surface area contributed by atoms with Crippen molar-refractivity contribution < 1.29 is 22.3 Å². The molecule has 2 aromatic rings. The first-order valence-electron chi connectivity index (χ1n) is 6.71. The Hall–Kier alpha value is -1.79. The maximum atomic E-state index is 13.6. The van der Waals surface area contributed by atoms with Crippen LogP contribution in [0, 0.1) is 11.6 Å². The van der Waals surface area contributed by atoms with E-state index in [0.29, 0.717) is 5.56 Å². The summed E-state index contributed by atoms with van der Waals surface area (Å²) in [4.78, 5) is 0. The third-order valence-corrected chi connectivity index (χ3v) is 5.66. The summed E-state index contributed by atoms with van der Waals surface area (Å²) in [5.74, 6) is -2.67. The van der Waals surface area contributed by atoms with Crippen LogP contribution < -0.4 is 0 Å². The molecular formula is C16H16F2O3S. The maximum Gasteiger partial charge on any atom is 0.159 e. The minimum absolute atomic E-state index is 0.559. The molecule has 1 N–H and O–H groups in total. The highest BCUT2D eigenvalue weighted by atomic mass is 32.2. The Labute approximate surface area is 128 Å². The minimum atomic E-state index is -3.78. The average molecular weight is 326 g/mol. The Balaban J connectivity index is 2.25. The van der Waals surface area contributed by atoms with Gasteiger partial charge in [-0.05, 0) is 24.6 Å². The third-order valence-electron chi connectivity index (χ3n) is 3.53. The van der Waals surface area contributed by atoms with Crippen LogP contribution in [0.5, 0.6) is 0 Å². The topological polar surface area (TPSA) is 54.4 Å². The predicted molar refractivity (Wildman–Crippen MR) is 80.0 cm³/mol. The Morgan fingerprint density at radius 2 is 1.55 bits per heavy atom. The van der Waals surface area contributed by atoms with Gasteiger partial charge < -0.3 is 5.11 Å². The van der Waals surface area contributed by atoms with Gasteiger partial charge in [-0.15, -0.1) is 0 Å². The Morgan fingerprint density at radius 1 is 1.00 bits per heavy atom. The first-order valence-corrected chi connectivity index (χ1v) is 8.43. The number of hydrogen-bond acceptors (Lipinski definition) is 3. The molecule has 0 heterocycles. The zero-order valence-corrected chi connectivity index (χ0v) is 12.7. The van der Waals surface area contributed by atoms with Gasteiger partial charge in [-0.2, -0.15) is 0 Å². The van der Waals surface area contributed by atoms with E-state index < -0.39 is 44.1 Å². The summed E-state index contributed by atoms with van der Waals surface area (Å²) in [7, 11) is -3.78. The van der Waals surface area contributed by atoms with Crippen molar-refractivity contribution in [2.24, 2.45) is 0 Å². The largest absolute Gasteiger partial charge is 0.387 e. The fourth-order valence-electron chi connectivity index (χ4n) is 2.21. The molecule has 0 spiro atoms. The van der Waals surface area contributed by atoms with Crippen LogP contribution >= 0.6 is 0 Å². The van der Waals surface area contributed by atoms with Crippen molar-refractivity contribution in [1.82, 2.24) is 0 Å². The van der Waals surface area contributed by atoms with Gasteiger partial charge in [0.2, 0.25) is 0 Å². The van der Waals surface area contributed by atoms with Gasteiger partial charge >= 0.3 is 0 Å². The predicted octanol–water partition coefficient (Wildman–Crippen LogP) is 3.17. The summed E-state index contributed by atoms with van der Waals surface area (Å²) in [6.45, 7) is 1.48. The number of aliphatic hydroxyl groups is 1. The molecule has 118 valence electrons. The molecule has 0 aliphatic rings. The SMILES string of the molecule is CC(c1ccccc1)S(=O)(=O)CC(O)c1c(F)cccc1F. The summed E-state index contributed by atoms with van der Waals surface area (Å²) in [5.41, 5.74) is -0.0601. The van der Waals surface area contributed by atoms with E-state index >= 15 is 0 Å². The van der Waals surface area contributed by atoms with Crippen LogP contribution in [0.1, 0.15) is 29.4 Å². The highest BCUT2D eigenvalue weighted by molar-refractivity contribution is 7.91. The monoisotopic (exact) mass is 326 g/mol. The van der Waals surface area contributed by atoms with E-state index in [1.54, 1.807) is 30.3 Å². The minimum Gasteiger partial charge on any atom is -0.387 e. The van der Waals surface area contributed by atoms with Crippen molar-refractivity contribution >= 4 is 9.84 Å². The lowest BCUT2D eigenvalue weighted by atomic mass is 10.1. The van der Waals surface area contributed by atoms with Crippen molar-refractivity contribution in [1.29, 1.82) is 0 Å². The smallest absolute Gasteiger partial charge is 0.159 e. The third kappa shape index (κ3) is 3.51. The van der Waals surface area contributed by atoms with Gasteiger partial charge in [0.15, 0.2) is 9.84 Å². The summed E-state index contributed by atoms with van der Waals surface area (Å²) < 4.78 is 51.9. The highest BCUT2D eigenvalue weighted by Gasteiger charge is 2.29. The fraction of sp³-hybridized carbons (Fsp3) is 0.250. The van der Waals surface area contributed by atoms with Gasteiger partial charge in [-0.25, -0.2) is 17.2 Å². The molecule has 0 saturated heterocycles. The van der Waals surface area contributed by atoms with E-state index in [1.807, 2.05) is 0 Å². The first-order chi connectivity index (χ1) is 10.3. The summed E-state index contributed by atoms with van der Waals surface area (Å²) in [6, 6.07) is 11.6. The first kappa shape index (κ1) is 16.6. The van der Waals surface area contributed by atoms with Gasteiger partial charge in [0.05, 0.1) is 22.7 Å². The number of halogens is 2. The number of aliphatic hydroxyl groups excluding tert-OH is 1. The average Bonchev–Trinajstić information content (AvgIpc) is 2.46. The van der Waals surface area contributed by atoms with Gasteiger partial charge in [0, 0.05) is 0 Å². The standard InChI is InChI=1S/C16H16F2O3S/c1-11(12-6-3-2-4-7-12)22(20,21)10-15(19)16-13(17)8-5-9-14(16)18/h2-9,11,15,19H,10H2,1H3. The molecule has 2 aromatic carbocycles. The number of rotatable bonds is 5. The van der Waals surface area contributed by atoms with Crippen molar-refractivity contribution in [2.75, 3.05) is 5.75 Å². The number of hydrogen-bond donors (Lipinski definition) is 1. The molecule has 2 atom stereocenters. The Bertz CT molecular complexity index is 725. The van der Waals surface area contributed by atoms with E-state index in [4.69, 9.17) is 0 Å². The second-order valence-electron chi connectivity index (χ2n) is 5.03. The summed E-state index contributed by atoms with van der Waals surface area (Å²) >= 11 is 0. The van der Waals surface area contributed by atoms with Crippen molar-refractivity contribution in [3.05, 3.63) is 71.3 Å². The fourth-order valence-corrected chi connectivity index (χ4v) is 3.68. The Kier molecular flexibility index (Phi) is 4.93. The molecule has 0 radical (unpaired) electrons. The van der Waals surface area contributed by atoms with Crippen LogP contribution in [0.25, 0.3) is 0 Å². The van der Waals surface area contributed by atoms with Crippen molar-refractivity contribution in [3.8, 4) is 0 Å². The molecule has 0 saturated carbocycles. The molecular weight excluding hydrogens is 310 g/mol. The normalized spacial score (nSPS) is 14.5. The molecule has 0 amide bonds. The van der Waals surface area contributed by atoms with Gasteiger partial charge in [-0.1, -0.05) is 36.4 Å². The molecule has 0 fully saturated rings. The molecule has 0 aliphatic carbocycles. The van der Waals surface area contributed by atoms with Crippen LogP contribution in [0.2, 0.25) is 0 Å². The van der Waals surface area contributed by atoms with Crippen LogP contribution in [0.3, 0.4) is 0 Å². The van der Waals surface area contributed by atoms with Crippen LogP contribution in [0.15, 0.2) is 48.5 Å². The van der Waals surface area contributed by atoms with E-state index in [0.717, 1.165) is 18.2 Å². The molecule has 0 aromatic heterocycles. The van der Waals surface area contributed by atoms with Gasteiger partial charge in [0.25, 0.3) is 0 Å². The zero-order valence-electron chi connectivity index (χ0n) is 11.9. The molecule has 22 heavy (non-hydrogen) atoms. The second-order valence-corrected chi connectivity index (χ2v) is 7.40. The van der Waals surface area contributed by atoms with Crippen LogP contribution in [-0.2, 0) is 9.84 Å². The van der Waals surface area contributed by atoms with Gasteiger partial charge in [0.1, 0.15) is 11.6 Å². The van der Waals surface area contributed by atoms with Crippen LogP contribution in [0.4, 0.5) is 8.78 Å². The number of sulfone groups is 1. The zero-order chi connectivity index (χ0) is 16.3. The molecule has 3 nitrogen and oxygen atoms in total. The quantitative estimate of drug-likeness (QED) is 0.918. The second kappa shape index (κ2) is 6.54. The van der Waals surface area contributed by atoms with Crippen LogP contribution in [-0.4, -0.2) is 19.3 Å². The van der Waals surface area contributed by atoms with Gasteiger partial charge in [-0.3, -0.25) is 0 Å². The molecule has 2 rings (SSSR count). The van der Waals surface area contributed by atoms with Crippen molar-refractivity contribution in [3.63, 3.8) is 0 Å². The lowest BCUT2D eigenvalue weighted by Gasteiger charge is -2.17. The van der Waals surface area contributed by atoms with E-state index in [2.05, 4.69) is 0 Å². The maximum absolute atomic E-state index is 13.6. The molecule has 6 heteroatoms. The Morgan fingerprint density at radius 3 is 2.09 bits per heavy atom. The number of benzene rings is 2. The van der Waals surface area contributed by atoms with E-state index in [-0.39, 0.29) is 0 Å². The van der Waals surface area contributed by atoms with E-state index in [9.17, 15) is 22.3 Å². The lowest BCUT2D eigenvalue weighted by molar-refractivity contribution is 0.190. The summed E-state index contributed by atoms with van der Waals surface area (Å²) in [5, 5.41) is 9.08. The summed E-state index contributed by atoms with van der Waals surface area (Å²) in [6.07, 6.45) is -1.75. The van der Waals surface area contributed by atoms with Crippen molar-refractivity contribution in [2.45, 2.75) is 18.3 Å². The van der Waals surface area contributed by atoms with E-state index in [1.165, 1.54) is 6.92 Å².